The highest BCUT2D eigenvalue weighted by Gasteiger charge is 2.31. The van der Waals surface area contributed by atoms with Gasteiger partial charge in [0, 0.05) is 55.8 Å². The van der Waals surface area contributed by atoms with Crippen LogP contribution in [0.1, 0.15) is 31.7 Å². The van der Waals surface area contributed by atoms with Crippen LogP contribution in [-0.2, 0) is 14.3 Å². The second kappa shape index (κ2) is 12.0. The minimum absolute atomic E-state index is 0.0707. The van der Waals surface area contributed by atoms with Gasteiger partial charge < -0.3 is 30.7 Å². The number of carbonyl (C=O) groups excluding carboxylic acids is 1. The number of carbonyl (C=O) groups is 1. The van der Waals surface area contributed by atoms with Gasteiger partial charge in [-0.05, 0) is 50.8 Å². The molecular formula is C25H37N5O3. The Labute approximate surface area is 196 Å². The smallest absolute Gasteiger partial charge is 0.272 e. The van der Waals surface area contributed by atoms with E-state index >= 15 is 0 Å². The van der Waals surface area contributed by atoms with Gasteiger partial charge in [0.1, 0.15) is 5.70 Å². The first-order valence-electron chi connectivity index (χ1n) is 11.6. The van der Waals surface area contributed by atoms with Crippen molar-refractivity contribution in [1.82, 2.24) is 10.2 Å². The third-order valence-corrected chi connectivity index (χ3v) is 6.37. The number of nitrogens with zero attached hydrogens (tertiary/aromatic N) is 2. The van der Waals surface area contributed by atoms with Crippen molar-refractivity contribution < 1.29 is 14.3 Å². The molecule has 2 unspecified atom stereocenters. The van der Waals surface area contributed by atoms with Gasteiger partial charge in [-0.2, -0.15) is 0 Å². The molecule has 8 heteroatoms. The Balaban J connectivity index is 1.62. The van der Waals surface area contributed by atoms with E-state index in [0.29, 0.717) is 42.7 Å². The normalized spacial score (nSPS) is 22.8. The lowest BCUT2D eigenvalue weighted by molar-refractivity contribution is -0.128. The van der Waals surface area contributed by atoms with E-state index in [-0.39, 0.29) is 18.1 Å². The summed E-state index contributed by atoms with van der Waals surface area (Å²) in [6, 6.07) is 8.62. The molecule has 0 spiro atoms. The van der Waals surface area contributed by atoms with Gasteiger partial charge in [0.05, 0.1) is 19.0 Å². The molecular weight excluding hydrogens is 418 g/mol. The summed E-state index contributed by atoms with van der Waals surface area (Å²) in [6.45, 7) is 10.7. The number of nitrogens with two attached hydrogens (primary N) is 1. The fourth-order valence-electron chi connectivity index (χ4n) is 4.36. The van der Waals surface area contributed by atoms with Crippen molar-refractivity contribution >= 4 is 17.9 Å². The van der Waals surface area contributed by atoms with Crippen molar-refractivity contribution in [2.45, 2.75) is 51.3 Å². The lowest BCUT2D eigenvalue weighted by Crippen LogP contribution is -2.54. The van der Waals surface area contributed by atoms with Gasteiger partial charge in [-0.15, -0.1) is 0 Å². The van der Waals surface area contributed by atoms with Crippen LogP contribution >= 0.6 is 0 Å². The topological polar surface area (TPSA) is 101 Å². The number of methoxy groups -OCH3 is 1. The molecule has 0 saturated carbocycles. The number of amides is 1. The average molecular weight is 456 g/mol. The highest BCUT2D eigenvalue weighted by Crippen LogP contribution is 2.22. The number of ether oxygens (including phenoxy) is 2. The molecule has 180 valence electrons. The molecule has 1 aromatic rings. The van der Waals surface area contributed by atoms with Gasteiger partial charge in [-0.25, -0.2) is 4.99 Å². The van der Waals surface area contributed by atoms with Gasteiger partial charge in [0.25, 0.3) is 5.91 Å². The third-order valence-electron chi connectivity index (χ3n) is 6.37. The molecule has 2 aliphatic heterocycles. The molecule has 0 aromatic heterocycles. The molecule has 2 saturated heterocycles. The number of piperidine rings is 1. The van der Waals surface area contributed by atoms with Crippen LogP contribution < -0.4 is 16.4 Å². The van der Waals surface area contributed by atoms with E-state index in [1.807, 2.05) is 43.0 Å². The van der Waals surface area contributed by atoms with Crippen LogP contribution in [0.25, 0.3) is 0 Å². The Morgan fingerprint density at radius 2 is 2.09 bits per heavy atom. The van der Waals surface area contributed by atoms with Crippen LogP contribution in [0.2, 0.25) is 0 Å². The first kappa shape index (κ1) is 25.0. The summed E-state index contributed by atoms with van der Waals surface area (Å²) in [5, 5.41) is 6.99. The van der Waals surface area contributed by atoms with Crippen LogP contribution in [0.4, 0.5) is 5.69 Å². The number of allylic oxidation sites excluding steroid dienone is 1. The average Bonchev–Trinajstić information content (AvgIpc) is 2.82. The fourth-order valence-corrected chi connectivity index (χ4v) is 4.36. The second-order valence-corrected chi connectivity index (χ2v) is 8.70. The number of aryl methyl sites for hydroxylation is 1. The minimum atomic E-state index is -0.124. The number of aliphatic imine (C=N–C) groups is 1. The summed E-state index contributed by atoms with van der Waals surface area (Å²) in [6.07, 6.45) is 3.93. The SMILES string of the molecule is C=C(Nc1cccc(C)c1)/C(C)=C(\N=C/N)C(=O)N1CCC(NC2CCOCC2OC)CC1. The summed E-state index contributed by atoms with van der Waals surface area (Å²) in [5.74, 6) is -0.124. The minimum Gasteiger partial charge on any atom is -0.390 e. The molecule has 0 radical (unpaired) electrons. The predicted octanol–water partition coefficient (Wildman–Crippen LogP) is 2.57. The largest absolute Gasteiger partial charge is 0.390 e. The maximum absolute atomic E-state index is 13.3. The number of anilines is 1. The lowest BCUT2D eigenvalue weighted by atomic mass is 9.99. The van der Waals surface area contributed by atoms with Gasteiger partial charge in [-0.3, -0.25) is 4.79 Å². The van der Waals surface area contributed by atoms with E-state index in [1.54, 1.807) is 7.11 Å². The Bertz CT molecular complexity index is 890. The number of rotatable bonds is 8. The van der Waals surface area contributed by atoms with E-state index in [1.165, 1.54) is 6.34 Å². The first-order chi connectivity index (χ1) is 15.9. The standard InChI is InChI=1S/C25H37N5O3/c1-17-6-5-7-21(14-17)28-19(3)18(2)24(27-16-26)25(31)30-11-8-20(9-12-30)29-22-10-13-33-15-23(22)32-4/h5-7,14,16,20,22-23,28-29H,3,8-13,15H2,1-2,4H3,(H2,26,27)/b24-18-. The Hall–Kier alpha value is -2.68. The summed E-state index contributed by atoms with van der Waals surface area (Å²) in [4.78, 5) is 19.4. The molecule has 2 heterocycles. The summed E-state index contributed by atoms with van der Waals surface area (Å²) in [7, 11) is 1.73. The summed E-state index contributed by atoms with van der Waals surface area (Å²) < 4.78 is 11.1. The van der Waals surface area contributed by atoms with Crippen LogP contribution in [0, 0.1) is 6.92 Å². The number of benzene rings is 1. The van der Waals surface area contributed by atoms with Crippen molar-refractivity contribution in [2.24, 2.45) is 10.7 Å². The molecule has 4 N–H and O–H groups in total. The zero-order valence-corrected chi connectivity index (χ0v) is 20.0. The molecule has 1 amide bonds. The fraction of sp³-hybridized carbons (Fsp3) is 0.520. The molecule has 33 heavy (non-hydrogen) atoms. The van der Waals surface area contributed by atoms with E-state index < -0.39 is 0 Å². The molecule has 1 aromatic carbocycles. The Morgan fingerprint density at radius 3 is 2.76 bits per heavy atom. The predicted molar refractivity (Wildman–Crippen MR) is 132 cm³/mol. The number of nitrogens with one attached hydrogen (secondary N) is 2. The van der Waals surface area contributed by atoms with Crippen LogP contribution in [0.5, 0.6) is 0 Å². The molecule has 0 bridgehead atoms. The van der Waals surface area contributed by atoms with Crippen LogP contribution in [0.15, 0.2) is 52.8 Å². The zero-order chi connectivity index (χ0) is 23.8. The van der Waals surface area contributed by atoms with Gasteiger partial charge in [-0.1, -0.05) is 18.7 Å². The second-order valence-electron chi connectivity index (χ2n) is 8.70. The van der Waals surface area contributed by atoms with Crippen molar-refractivity contribution in [2.75, 3.05) is 38.7 Å². The highest BCUT2D eigenvalue weighted by molar-refractivity contribution is 5.96. The third kappa shape index (κ3) is 6.66. The molecule has 2 atom stereocenters. The van der Waals surface area contributed by atoms with Gasteiger partial charge >= 0.3 is 0 Å². The zero-order valence-electron chi connectivity index (χ0n) is 20.0. The molecule has 3 rings (SSSR count). The lowest BCUT2D eigenvalue weighted by Gasteiger charge is -2.38. The summed E-state index contributed by atoms with van der Waals surface area (Å²) in [5.41, 5.74) is 9.25. The van der Waals surface area contributed by atoms with E-state index in [9.17, 15) is 4.79 Å². The number of hydrogen-bond donors (Lipinski definition) is 3. The van der Waals surface area contributed by atoms with Crippen LogP contribution in [0.3, 0.4) is 0 Å². The molecule has 2 fully saturated rings. The molecule has 0 aliphatic carbocycles. The first-order valence-corrected chi connectivity index (χ1v) is 11.6. The monoisotopic (exact) mass is 455 g/mol. The maximum Gasteiger partial charge on any atom is 0.272 e. The number of likely N-dealkylation sites (tertiary alicyclic amines) is 1. The molecule has 2 aliphatic rings. The van der Waals surface area contributed by atoms with Gasteiger partial charge in [0.2, 0.25) is 0 Å². The van der Waals surface area contributed by atoms with Gasteiger partial charge in [0.15, 0.2) is 0 Å². The van der Waals surface area contributed by atoms with Crippen molar-refractivity contribution in [1.29, 1.82) is 0 Å². The van der Waals surface area contributed by atoms with Crippen molar-refractivity contribution in [3.63, 3.8) is 0 Å². The quantitative estimate of drug-likeness (QED) is 0.241. The maximum atomic E-state index is 13.3. The van der Waals surface area contributed by atoms with Crippen molar-refractivity contribution in [3.05, 3.63) is 53.4 Å². The van der Waals surface area contributed by atoms with Crippen molar-refractivity contribution in [3.8, 4) is 0 Å². The van der Waals surface area contributed by atoms with Crippen LogP contribution in [-0.4, -0.2) is 68.7 Å². The number of hydrogen-bond acceptors (Lipinski definition) is 6. The Morgan fingerprint density at radius 1 is 1.33 bits per heavy atom. The highest BCUT2D eigenvalue weighted by atomic mass is 16.5. The van der Waals surface area contributed by atoms with E-state index in [4.69, 9.17) is 15.2 Å². The molecule has 8 nitrogen and oxygen atoms in total. The summed E-state index contributed by atoms with van der Waals surface area (Å²) >= 11 is 0. The van der Waals surface area contributed by atoms with E-state index in [0.717, 1.165) is 37.1 Å². The Kier molecular flexibility index (Phi) is 9.05. The van der Waals surface area contributed by atoms with E-state index in [2.05, 4.69) is 22.2 Å².